The summed E-state index contributed by atoms with van der Waals surface area (Å²) in [6.07, 6.45) is 1.33. The van der Waals surface area contributed by atoms with Crippen LogP contribution in [-0.2, 0) is 0 Å². The minimum atomic E-state index is -4.10. The second-order valence-electron chi connectivity index (χ2n) is 6.93. The molecule has 0 radical (unpaired) electrons. The maximum Gasteiger partial charge on any atom is 0.399 e. The summed E-state index contributed by atoms with van der Waals surface area (Å²) in [6.45, 7) is 1.50. The third-order valence-corrected chi connectivity index (χ3v) is 6.44. The fourth-order valence-electron chi connectivity index (χ4n) is 4.12. The number of hydrogen-bond acceptors (Lipinski definition) is 5. The Morgan fingerprint density at radius 1 is 1.28 bits per heavy atom. The average Bonchev–Trinajstić information content (AvgIpc) is 3.24. The Morgan fingerprint density at radius 2 is 2.00 bits per heavy atom. The predicted octanol–water partition coefficient (Wildman–Crippen LogP) is 3.32. The molecule has 1 N–H and O–H groups in total. The van der Waals surface area contributed by atoms with Crippen molar-refractivity contribution in [3.63, 3.8) is 0 Å². The van der Waals surface area contributed by atoms with Crippen LogP contribution < -0.4 is 4.90 Å². The first-order valence-electron chi connectivity index (χ1n) is 8.36. The third-order valence-electron chi connectivity index (χ3n) is 5.32. The molecule has 1 aliphatic heterocycles. The van der Waals surface area contributed by atoms with Crippen molar-refractivity contribution in [2.45, 2.75) is 25.1 Å². The summed E-state index contributed by atoms with van der Waals surface area (Å²) in [5.74, 6) is 1.07. The van der Waals surface area contributed by atoms with Crippen molar-refractivity contribution in [2.75, 3.05) is 30.8 Å². The van der Waals surface area contributed by atoms with Gasteiger partial charge in [0.15, 0.2) is 0 Å². The van der Waals surface area contributed by atoms with Gasteiger partial charge in [-0.1, -0.05) is 11.9 Å². The number of rotatable bonds is 4. The van der Waals surface area contributed by atoms with E-state index in [0.29, 0.717) is 17.9 Å². The molecular weight excluding hydrogens is 351 g/mol. The maximum atomic E-state index is 12.4. The van der Waals surface area contributed by atoms with E-state index >= 15 is 0 Å². The second kappa shape index (κ2) is 6.35. The van der Waals surface area contributed by atoms with Gasteiger partial charge in [-0.3, -0.25) is 0 Å². The highest BCUT2D eigenvalue weighted by Gasteiger charge is 2.43. The van der Waals surface area contributed by atoms with Gasteiger partial charge in [-0.05, 0) is 30.7 Å². The Kier molecular flexibility index (Phi) is 4.31. The zero-order valence-electron chi connectivity index (χ0n) is 13.8. The predicted molar refractivity (Wildman–Crippen MR) is 92.4 cm³/mol. The molecule has 3 heterocycles. The highest BCUT2D eigenvalue weighted by Crippen LogP contribution is 2.43. The van der Waals surface area contributed by atoms with E-state index in [1.165, 1.54) is 0 Å². The number of aromatic nitrogens is 3. The summed E-state index contributed by atoms with van der Waals surface area (Å²) in [7, 11) is 2.05. The molecule has 1 saturated heterocycles. The van der Waals surface area contributed by atoms with Gasteiger partial charge in [-0.15, -0.1) is 0 Å². The van der Waals surface area contributed by atoms with Crippen LogP contribution in [-0.4, -0.2) is 57.4 Å². The van der Waals surface area contributed by atoms with Crippen LogP contribution >= 0.6 is 11.9 Å². The number of H-pyrrole nitrogens is 1. The number of alkyl halides is 3. The molecule has 3 atom stereocenters. The number of fused-ring (bicyclic) bond motifs is 2. The topological polar surface area (TPSA) is 48.1 Å². The summed E-state index contributed by atoms with van der Waals surface area (Å²) in [5, 5.41) is 1.00. The van der Waals surface area contributed by atoms with Gasteiger partial charge in [-0.2, -0.15) is 13.2 Å². The summed E-state index contributed by atoms with van der Waals surface area (Å²) in [4.78, 5) is 14.0. The van der Waals surface area contributed by atoms with Crippen molar-refractivity contribution in [2.24, 2.45) is 11.8 Å². The molecule has 2 fully saturated rings. The molecule has 0 spiro atoms. The Labute approximate surface area is 148 Å². The molecule has 1 aliphatic carbocycles. The number of anilines is 1. The first kappa shape index (κ1) is 17.0. The zero-order chi connectivity index (χ0) is 17.6. The van der Waals surface area contributed by atoms with Crippen LogP contribution in [0.1, 0.15) is 12.8 Å². The highest BCUT2D eigenvalue weighted by atomic mass is 32.2. The van der Waals surface area contributed by atoms with Gasteiger partial charge in [0.1, 0.15) is 23.5 Å². The lowest BCUT2D eigenvalue weighted by Crippen LogP contribution is -2.32. The lowest BCUT2D eigenvalue weighted by molar-refractivity contribution is -0.105. The molecule has 4 rings (SSSR count). The second-order valence-corrected chi connectivity index (χ2v) is 7.99. The van der Waals surface area contributed by atoms with Crippen molar-refractivity contribution in [1.82, 2.24) is 19.3 Å². The van der Waals surface area contributed by atoms with E-state index < -0.39 is 11.9 Å². The van der Waals surface area contributed by atoms with Gasteiger partial charge in [0.2, 0.25) is 0 Å². The van der Waals surface area contributed by atoms with Crippen LogP contribution in [0.2, 0.25) is 0 Å². The van der Waals surface area contributed by atoms with Gasteiger partial charge in [0.05, 0.1) is 5.39 Å². The molecule has 9 heteroatoms. The molecule has 5 nitrogen and oxygen atoms in total. The molecule has 0 amide bonds. The zero-order valence-corrected chi connectivity index (χ0v) is 14.6. The largest absolute Gasteiger partial charge is 0.399 e. The summed E-state index contributed by atoms with van der Waals surface area (Å²) in [5.41, 5.74) is 0.824. The molecular formula is C16H20F3N5S. The maximum absolute atomic E-state index is 12.4. The quantitative estimate of drug-likeness (QED) is 0.836. The lowest BCUT2D eigenvalue weighted by Gasteiger charge is -2.27. The first-order chi connectivity index (χ1) is 11.9. The van der Waals surface area contributed by atoms with Crippen molar-refractivity contribution in [1.29, 1.82) is 0 Å². The fourth-order valence-corrected chi connectivity index (χ4v) is 5.05. The smallest absolute Gasteiger partial charge is 0.356 e. The Bertz CT molecular complexity index is 735. The molecule has 1 unspecified atom stereocenters. The Balaban J connectivity index is 1.39. The summed E-state index contributed by atoms with van der Waals surface area (Å²) in [6, 6.07) is 2.35. The standard InChI is InChI=1S/C16H20F3N5S/c1-23(15-13-2-3-20-14(13)21-9-22-15)12-4-10-6-24(7-11(10)5-12)25-8-16(17,18)19/h2-3,9-12H,4-8H2,1H3,(H,20,21,22)/t10-,11+,12?. The van der Waals surface area contributed by atoms with E-state index in [-0.39, 0.29) is 0 Å². The van der Waals surface area contributed by atoms with Gasteiger partial charge < -0.3 is 9.88 Å². The van der Waals surface area contributed by atoms with E-state index in [1.807, 2.05) is 16.6 Å². The third kappa shape index (κ3) is 3.44. The van der Waals surface area contributed by atoms with Crippen LogP contribution in [0.5, 0.6) is 0 Å². The number of aromatic amines is 1. The van der Waals surface area contributed by atoms with Crippen molar-refractivity contribution in [3.8, 4) is 0 Å². The molecule has 25 heavy (non-hydrogen) atoms. The molecule has 136 valence electrons. The molecule has 2 aromatic heterocycles. The number of nitrogens with one attached hydrogen (secondary N) is 1. The SMILES string of the molecule is CN(c1ncnc2[nH]ccc12)C1C[C@@H]2CN(SCC(F)(F)F)C[C@@H]2C1. The Morgan fingerprint density at radius 3 is 2.68 bits per heavy atom. The molecule has 2 aromatic rings. The molecule has 0 aromatic carbocycles. The van der Waals surface area contributed by atoms with Gasteiger partial charge in [0, 0.05) is 32.4 Å². The van der Waals surface area contributed by atoms with Crippen LogP contribution in [0.15, 0.2) is 18.6 Å². The van der Waals surface area contributed by atoms with Gasteiger partial charge in [-0.25, -0.2) is 14.3 Å². The number of halogens is 3. The van der Waals surface area contributed by atoms with Crippen LogP contribution in [0.4, 0.5) is 19.0 Å². The van der Waals surface area contributed by atoms with Crippen molar-refractivity contribution in [3.05, 3.63) is 18.6 Å². The summed E-state index contributed by atoms with van der Waals surface area (Å²) >= 11 is 0.927. The van der Waals surface area contributed by atoms with Gasteiger partial charge >= 0.3 is 6.18 Å². The normalized spacial score (nSPS) is 27.1. The lowest BCUT2D eigenvalue weighted by atomic mass is 10.0. The minimum absolute atomic E-state index is 0.373. The van der Waals surface area contributed by atoms with E-state index in [1.54, 1.807) is 6.33 Å². The van der Waals surface area contributed by atoms with E-state index in [0.717, 1.165) is 54.7 Å². The fraction of sp³-hybridized carbons (Fsp3) is 0.625. The minimum Gasteiger partial charge on any atom is -0.356 e. The van der Waals surface area contributed by atoms with Crippen LogP contribution in [0.3, 0.4) is 0 Å². The monoisotopic (exact) mass is 371 g/mol. The average molecular weight is 371 g/mol. The van der Waals surface area contributed by atoms with Crippen molar-refractivity contribution >= 4 is 28.8 Å². The van der Waals surface area contributed by atoms with E-state index in [4.69, 9.17) is 0 Å². The summed E-state index contributed by atoms with van der Waals surface area (Å²) < 4.78 is 39.1. The van der Waals surface area contributed by atoms with Crippen molar-refractivity contribution < 1.29 is 13.2 Å². The van der Waals surface area contributed by atoms with Crippen LogP contribution in [0.25, 0.3) is 11.0 Å². The molecule has 0 bridgehead atoms. The van der Waals surface area contributed by atoms with Crippen LogP contribution in [0, 0.1) is 11.8 Å². The number of hydrogen-bond donors (Lipinski definition) is 1. The number of nitrogens with zero attached hydrogens (tertiary/aromatic N) is 4. The highest BCUT2D eigenvalue weighted by molar-refractivity contribution is 7.97. The first-order valence-corrected chi connectivity index (χ1v) is 9.30. The Hall–Kier alpha value is -1.48. The van der Waals surface area contributed by atoms with E-state index in [9.17, 15) is 13.2 Å². The van der Waals surface area contributed by atoms with E-state index in [2.05, 4.69) is 26.9 Å². The van der Waals surface area contributed by atoms with Gasteiger partial charge in [0.25, 0.3) is 0 Å². The molecule has 2 aliphatic rings. The molecule has 1 saturated carbocycles.